The van der Waals surface area contributed by atoms with Crippen LogP contribution in [0.15, 0.2) is 24.3 Å². The molecule has 0 atom stereocenters. The van der Waals surface area contributed by atoms with Crippen molar-refractivity contribution in [2.24, 2.45) is 0 Å². The Morgan fingerprint density at radius 3 is 2.87 bits per heavy atom. The van der Waals surface area contributed by atoms with Crippen molar-refractivity contribution in [1.29, 1.82) is 0 Å². The van der Waals surface area contributed by atoms with Gasteiger partial charge in [0.1, 0.15) is 0 Å². The largest absolute Gasteiger partial charge is 0.278 e. The molecule has 0 spiro atoms. The van der Waals surface area contributed by atoms with Gasteiger partial charge in [-0.25, -0.2) is 0 Å². The molecule has 0 unspecified atom stereocenters. The number of hydrogen-bond donors (Lipinski definition) is 0. The van der Waals surface area contributed by atoms with Crippen LogP contribution in [0.2, 0.25) is 5.02 Å². The predicted octanol–water partition coefficient (Wildman–Crippen LogP) is 4.05. The molecule has 0 aliphatic heterocycles. The minimum absolute atomic E-state index is 0.0355. The van der Waals surface area contributed by atoms with Crippen molar-refractivity contribution in [3.8, 4) is 0 Å². The van der Waals surface area contributed by atoms with Gasteiger partial charge in [0.25, 0.3) is 5.69 Å². The van der Waals surface area contributed by atoms with E-state index in [2.05, 4.69) is 15.9 Å². The minimum atomic E-state index is -0.431. The highest BCUT2D eigenvalue weighted by Gasteiger charge is 2.11. The van der Waals surface area contributed by atoms with E-state index in [0.29, 0.717) is 10.6 Å². The SMILES string of the molecule is O=[N+]([O-])c1cc(Cl)ccc1C=CCCBr. The Morgan fingerprint density at radius 2 is 2.27 bits per heavy atom. The van der Waals surface area contributed by atoms with Gasteiger partial charge in [0.2, 0.25) is 0 Å². The molecule has 0 saturated heterocycles. The molecule has 5 heteroatoms. The number of halogens is 2. The lowest BCUT2D eigenvalue weighted by Gasteiger charge is -1.97. The Morgan fingerprint density at radius 1 is 1.53 bits per heavy atom. The summed E-state index contributed by atoms with van der Waals surface area (Å²) in [6.07, 6.45) is 4.44. The van der Waals surface area contributed by atoms with E-state index in [-0.39, 0.29) is 5.69 Å². The highest BCUT2D eigenvalue weighted by atomic mass is 79.9. The third kappa shape index (κ3) is 3.64. The van der Waals surface area contributed by atoms with Crippen molar-refractivity contribution < 1.29 is 4.92 Å². The quantitative estimate of drug-likeness (QED) is 0.477. The van der Waals surface area contributed by atoms with E-state index in [1.54, 1.807) is 18.2 Å². The minimum Gasteiger partial charge on any atom is -0.258 e. The number of rotatable bonds is 4. The molecule has 0 amide bonds. The smallest absolute Gasteiger partial charge is 0.258 e. The van der Waals surface area contributed by atoms with Crippen LogP contribution in [-0.2, 0) is 0 Å². The van der Waals surface area contributed by atoms with Crippen molar-refractivity contribution in [3.05, 3.63) is 45.0 Å². The zero-order chi connectivity index (χ0) is 11.3. The van der Waals surface area contributed by atoms with Crippen LogP contribution in [0.25, 0.3) is 6.08 Å². The third-order valence-corrected chi connectivity index (χ3v) is 2.46. The highest BCUT2D eigenvalue weighted by molar-refractivity contribution is 9.09. The number of benzene rings is 1. The fourth-order valence-electron chi connectivity index (χ4n) is 1.09. The van der Waals surface area contributed by atoms with E-state index in [0.717, 1.165) is 11.8 Å². The zero-order valence-corrected chi connectivity index (χ0v) is 10.2. The molecule has 0 radical (unpaired) electrons. The second kappa shape index (κ2) is 5.88. The topological polar surface area (TPSA) is 43.1 Å². The number of nitrogens with zero attached hydrogens (tertiary/aromatic N) is 1. The molecule has 0 aromatic heterocycles. The first kappa shape index (κ1) is 12.2. The maximum absolute atomic E-state index is 10.7. The van der Waals surface area contributed by atoms with Gasteiger partial charge < -0.3 is 0 Å². The molecule has 1 aromatic rings. The summed E-state index contributed by atoms with van der Waals surface area (Å²) in [6, 6.07) is 4.64. The first-order valence-electron chi connectivity index (χ1n) is 4.31. The van der Waals surface area contributed by atoms with E-state index in [4.69, 9.17) is 11.6 Å². The summed E-state index contributed by atoms with van der Waals surface area (Å²) in [5.41, 5.74) is 0.610. The van der Waals surface area contributed by atoms with Gasteiger partial charge in [-0.15, -0.1) is 0 Å². The van der Waals surface area contributed by atoms with Crippen LogP contribution in [0.5, 0.6) is 0 Å². The van der Waals surface area contributed by atoms with Crippen LogP contribution in [-0.4, -0.2) is 10.3 Å². The molecule has 0 N–H and O–H groups in total. The molecule has 0 aliphatic rings. The molecular weight excluding hydrogens is 281 g/mol. The number of nitro benzene ring substituents is 1. The van der Waals surface area contributed by atoms with E-state index >= 15 is 0 Å². The van der Waals surface area contributed by atoms with Crippen LogP contribution in [0, 0.1) is 10.1 Å². The Hall–Kier alpha value is -0.870. The van der Waals surface area contributed by atoms with Gasteiger partial charge in [0.05, 0.1) is 10.5 Å². The first-order valence-corrected chi connectivity index (χ1v) is 5.81. The number of nitro groups is 1. The maximum Gasteiger partial charge on any atom is 0.278 e. The van der Waals surface area contributed by atoms with Gasteiger partial charge in [-0.05, 0) is 18.6 Å². The van der Waals surface area contributed by atoms with Crippen LogP contribution < -0.4 is 0 Å². The van der Waals surface area contributed by atoms with E-state index in [1.165, 1.54) is 6.07 Å². The zero-order valence-electron chi connectivity index (χ0n) is 7.82. The Bertz CT molecular complexity index is 393. The summed E-state index contributed by atoms with van der Waals surface area (Å²) in [7, 11) is 0. The lowest BCUT2D eigenvalue weighted by atomic mass is 10.1. The summed E-state index contributed by atoms with van der Waals surface area (Å²) < 4.78 is 0. The van der Waals surface area contributed by atoms with Crippen molar-refractivity contribution in [2.45, 2.75) is 6.42 Å². The average molecular weight is 291 g/mol. The number of alkyl halides is 1. The molecule has 80 valence electrons. The molecular formula is C10H9BrClNO2. The van der Waals surface area contributed by atoms with Crippen LogP contribution >= 0.6 is 27.5 Å². The molecule has 0 heterocycles. The Balaban J connectivity index is 3.01. The standard InChI is InChI=1S/C10H9BrClNO2/c11-6-2-1-3-8-4-5-9(12)7-10(8)13(14)15/h1,3-5,7H,2,6H2. The molecule has 1 rings (SSSR count). The van der Waals surface area contributed by atoms with Crippen molar-refractivity contribution >= 4 is 39.3 Å². The van der Waals surface area contributed by atoms with Crippen molar-refractivity contribution in [1.82, 2.24) is 0 Å². The Kier molecular flexibility index (Phi) is 4.78. The highest BCUT2D eigenvalue weighted by Crippen LogP contribution is 2.24. The van der Waals surface area contributed by atoms with Crippen molar-refractivity contribution in [3.63, 3.8) is 0 Å². The van der Waals surface area contributed by atoms with Gasteiger partial charge in [0.15, 0.2) is 0 Å². The lowest BCUT2D eigenvalue weighted by Crippen LogP contribution is -1.91. The molecule has 0 bridgehead atoms. The maximum atomic E-state index is 10.7. The van der Waals surface area contributed by atoms with Crippen LogP contribution in [0.3, 0.4) is 0 Å². The summed E-state index contributed by atoms with van der Waals surface area (Å²) in [6.45, 7) is 0. The predicted molar refractivity (Wildman–Crippen MR) is 65.6 cm³/mol. The van der Waals surface area contributed by atoms with Gasteiger partial charge >= 0.3 is 0 Å². The summed E-state index contributed by atoms with van der Waals surface area (Å²) in [5.74, 6) is 0. The first-order chi connectivity index (χ1) is 7.15. The summed E-state index contributed by atoms with van der Waals surface area (Å²) in [4.78, 5) is 10.3. The monoisotopic (exact) mass is 289 g/mol. The van der Waals surface area contributed by atoms with E-state index < -0.39 is 4.92 Å². The molecule has 1 aromatic carbocycles. The molecule has 3 nitrogen and oxygen atoms in total. The van der Waals surface area contributed by atoms with Crippen LogP contribution in [0.1, 0.15) is 12.0 Å². The Labute approximate surface area is 101 Å². The van der Waals surface area contributed by atoms with Gasteiger partial charge in [-0.1, -0.05) is 39.7 Å². The molecule has 15 heavy (non-hydrogen) atoms. The number of allylic oxidation sites excluding steroid dienone is 1. The molecule has 0 fully saturated rings. The normalized spacial score (nSPS) is 10.8. The lowest BCUT2D eigenvalue weighted by molar-refractivity contribution is -0.385. The van der Waals surface area contributed by atoms with Gasteiger partial charge in [-0.2, -0.15) is 0 Å². The van der Waals surface area contributed by atoms with Crippen LogP contribution in [0.4, 0.5) is 5.69 Å². The average Bonchev–Trinajstić information content (AvgIpc) is 2.20. The van der Waals surface area contributed by atoms with E-state index in [9.17, 15) is 10.1 Å². The van der Waals surface area contributed by atoms with Gasteiger partial charge in [-0.3, -0.25) is 10.1 Å². The van der Waals surface area contributed by atoms with Crippen molar-refractivity contribution in [2.75, 3.05) is 5.33 Å². The van der Waals surface area contributed by atoms with E-state index in [1.807, 2.05) is 6.08 Å². The second-order valence-electron chi connectivity index (χ2n) is 2.84. The summed E-state index contributed by atoms with van der Waals surface area (Å²) >= 11 is 8.96. The third-order valence-electron chi connectivity index (χ3n) is 1.76. The van der Waals surface area contributed by atoms with Gasteiger partial charge in [0, 0.05) is 16.4 Å². The fourth-order valence-corrected chi connectivity index (χ4v) is 1.52. The number of hydrogen-bond acceptors (Lipinski definition) is 2. The molecule has 0 saturated carbocycles. The fraction of sp³-hybridized carbons (Fsp3) is 0.200. The second-order valence-corrected chi connectivity index (χ2v) is 4.07. The molecule has 0 aliphatic carbocycles. The summed E-state index contributed by atoms with van der Waals surface area (Å²) in [5, 5.41) is 11.9.